The van der Waals surface area contributed by atoms with Gasteiger partial charge in [0.2, 0.25) is 0 Å². The molecule has 0 unspecified atom stereocenters. The highest BCUT2D eigenvalue weighted by Crippen LogP contribution is 2.21. The van der Waals surface area contributed by atoms with Crippen molar-refractivity contribution < 1.29 is 18.7 Å². The number of ether oxygens (including phenoxy) is 1. The maximum absolute atomic E-state index is 13.0. The summed E-state index contributed by atoms with van der Waals surface area (Å²) in [5.41, 5.74) is 1.58. The van der Waals surface area contributed by atoms with Crippen LogP contribution in [0.25, 0.3) is 10.9 Å². The molecule has 0 saturated carbocycles. The quantitative estimate of drug-likeness (QED) is 0.475. The summed E-state index contributed by atoms with van der Waals surface area (Å²) < 4.78 is 18.4. The van der Waals surface area contributed by atoms with Crippen molar-refractivity contribution in [1.82, 2.24) is 10.3 Å². The second-order valence-electron chi connectivity index (χ2n) is 6.94. The average Bonchev–Trinajstić information content (AvgIpc) is 2.70. The molecule has 29 heavy (non-hydrogen) atoms. The number of hydrogen-bond donors (Lipinski definition) is 1. The number of carbonyl (C=O) groups excluding carboxylic acids is 2. The van der Waals surface area contributed by atoms with Gasteiger partial charge in [-0.15, -0.1) is 0 Å². The van der Waals surface area contributed by atoms with Crippen LogP contribution in [-0.4, -0.2) is 22.9 Å². The Morgan fingerprint density at radius 1 is 1.14 bits per heavy atom. The van der Waals surface area contributed by atoms with E-state index in [0.29, 0.717) is 5.56 Å². The number of nitrogens with zero attached hydrogens (tertiary/aromatic N) is 1. The third-order valence-electron chi connectivity index (χ3n) is 4.43. The van der Waals surface area contributed by atoms with Gasteiger partial charge in [0.05, 0.1) is 5.52 Å². The van der Waals surface area contributed by atoms with Crippen LogP contribution in [0, 0.1) is 11.7 Å². The first-order valence-corrected chi connectivity index (χ1v) is 9.50. The van der Waals surface area contributed by atoms with Gasteiger partial charge in [-0.3, -0.25) is 4.79 Å². The molecule has 150 valence electrons. The van der Waals surface area contributed by atoms with Crippen molar-refractivity contribution in [1.29, 1.82) is 0 Å². The first-order valence-electron chi connectivity index (χ1n) is 9.12. The Labute approximate surface area is 172 Å². The number of aromatic nitrogens is 1. The lowest BCUT2D eigenvalue weighted by Crippen LogP contribution is -2.45. The molecule has 2 aromatic carbocycles. The molecule has 0 saturated heterocycles. The number of pyridine rings is 1. The highest BCUT2D eigenvalue weighted by Gasteiger charge is 2.26. The molecule has 1 N–H and O–H groups in total. The maximum atomic E-state index is 13.0. The van der Waals surface area contributed by atoms with Crippen LogP contribution >= 0.6 is 11.6 Å². The summed E-state index contributed by atoms with van der Waals surface area (Å²) in [4.78, 5) is 29.3. The van der Waals surface area contributed by atoms with E-state index in [4.69, 9.17) is 16.3 Å². The van der Waals surface area contributed by atoms with Crippen LogP contribution in [0.3, 0.4) is 0 Å². The fourth-order valence-electron chi connectivity index (χ4n) is 2.80. The Kier molecular flexibility index (Phi) is 6.44. The predicted molar refractivity (Wildman–Crippen MR) is 109 cm³/mol. The molecule has 0 aliphatic rings. The van der Waals surface area contributed by atoms with Crippen molar-refractivity contribution in [2.45, 2.75) is 26.5 Å². The van der Waals surface area contributed by atoms with E-state index in [1.165, 1.54) is 24.3 Å². The summed E-state index contributed by atoms with van der Waals surface area (Å²) in [6, 6.07) is 13.5. The van der Waals surface area contributed by atoms with E-state index in [0.717, 1.165) is 10.9 Å². The van der Waals surface area contributed by atoms with E-state index in [2.05, 4.69) is 10.3 Å². The van der Waals surface area contributed by atoms with Gasteiger partial charge in [-0.1, -0.05) is 43.6 Å². The lowest BCUT2D eigenvalue weighted by Gasteiger charge is -2.21. The van der Waals surface area contributed by atoms with Crippen molar-refractivity contribution >= 4 is 34.4 Å². The first-order chi connectivity index (χ1) is 13.8. The van der Waals surface area contributed by atoms with Crippen LogP contribution in [0.1, 0.15) is 29.8 Å². The number of fused-ring (bicyclic) bond motifs is 1. The summed E-state index contributed by atoms with van der Waals surface area (Å²) in [5.74, 6) is -1.72. The molecular weight excluding hydrogens is 395 g/mol. The van der Waals surface area contributed by atoms with Gasteiger partial charge in [-0.25, -0.2) is 14.2 Å². The van der Waals surface area contributed by atoms with Gasteiger partial charge in [0.15, 0.2) is 0 Å². The molecule has 0 aliphatic heterocycles. The van der Waals surface area contributed by atoms with Gasteiger partial charge in [0.25, 0.3) is 5.91 Å². The molecule has 5 nitrogen and oxygen atoms in total. The van der Waals surface area contributed by atoms with Crippen LogP contribution in [0.2, 0.25) is 5.15 Å². The standard InChI is InChI=1S/C22H20ClFN2O3/c1-13(2)19(26-21(27)14-7-9-17(24)10-8-14)22(28)29-12-16-11-15-5-3-4-6-18(15)25-20(16)23/h3-11,13,19H,12H2,1-2H3,(H,26,27)/t19-/m0/s1. The molecule has 3 rings (SSSR count). The highest BCUT2D eigenvalue weighted by molar-refractivity contribution is 6.30. The molecule has 7 heteroatoms. The minimum atomic E-state index is -0.861. The third kappa shape index (κ3) is 5.09. The number of para-hydroxylation sites is 1. The number of rotatable bonds is 6. The van der Waals surface area contributed by atoms with Crippen LogP contribution in [-0.2, 0) is 16.1 Å². The van der Waals surface area contributed by atoms with Crippen LogP contribution in [0.15, 0.2) is 54.6 Å². The minimum Gasteiger partial charge on any atom is -0.459 e. The van der Waals surface area contributed by atoms with Gasteiger partial charge in [0.1, 0.15) is 23.6 Å². The average molecular weight is 415 g/mol. The Hall–Kier alpha value is -2.99. The lowest BCUT2D eigenvalue weighted by molar-refractivity contribution is -0.148. The summed E-state index contributed by atoms with van der Waals surface area (Å²) in [6.45, 7) is 3.52. The maximum Gasteiger partial charge on any atom is 0.329 e. The van der Waals surface area contributed by atoms with E-state index in [1.54, 1.807) is 13.8 Å². The van der Waals surface area contributed by atoms with Crippen LogP contribution in [0.4, 0.5) is 4.39 Å². The van der Waals surface area contributed by atoms with E-state index >= 15 is 0 Å². The third-order valence-corrected chi connectivity index (χ3v) is 4.76. The monoisotopic (exact) mass is 414 g/mol. The topological polar surface area (TPSA) is 68.3 Å². The van der Waals surface area contributed by atoms with Crippen molar-refractivity contribution in [2.75, 3.05) is 0 Å². The van der Waals surface area contributed by atoms with E-state index in [9.17, 15) is 14.0 Å². The van der Waals surface area contributed by atoms with Gasteiger partial charge in [-0.05, 0) is 42.3 Å². The number of carbonyl (C=O) groups is 2. The van der Waals surface area contributed by atoms with Gasteiger partial charge in [-0.2, -0.15) is 0 Å². The number of benzene rings is 2. The summed E-state index contributed by atoms with van der Waals surface area (Å²) in [6.07, 6.45) is 0. The first kappa shape index (κ1) is 20.7. The molecule has 0 fully saturated rings. The van der Waals surface area contributed by atoms with Gasteiger partial charge < -0.3 is 10.1 Å². The van der Waals surface area contributed by atoms with E-state index in [-0.39, 0.29) is 23.2 Å². The number of hydrogen-bond acceptors (Lipinski definition) is 4. The largest absolute Gasteiger partial charge is 0.459 e. The lowest BCUT2D eigenvalue weighted by atomic mass is 10.0. The van der Waals surface area contributed by atoms with E-state index < -0.39 is 23.7 Å². The van der Waals surface area contributed by atoms with E-state index in [1.807, 2.05) is 30.3 Å². The van der Waals surface area contributed by atoms with Crippen LogP contribution in [0.5, 0.6) is 0 Å². The predicted octanol–water partition coefficient (Wildman–Crippen LogP) is 4.53. The summed E-state index contributed by atoms with van der Waals surface area (Å²) >= 11 is 6.20. The zero-order valence-electron chi connectivity index (χ0n) is 16.0. The highest BCUT2D eigenvalue weighted by atomic mass is 35.5. The number of esters is 1. The molecule has 1 amide bonds. The van der Waals surface area contributed by atoms with Crippen LogP contribution < -0.4 is 5.32 Å². The summed E-state index contributed by atoms with van der Waals surface area (Å²) in [7, 11) is 0. The smallest absolute Gasteiger partial charge is 0.329 e. The molecule has 1 atom stereocenters. The second-order valence-corrected chi connectivity index (χ2v) is 7.30. The Morgan fingerprint density at radius 2 is 1.83 bits per heavy atom. The van der Waals surface area contributed by atoms with Gasteiger partial charge >= 0.3 is 5.97 Å². The zero-order chi connectivity index (χ0) is 21.0. The molecular formula is C22H20ClFN2O3. The number of halogens is 2. The molecule has 0 aliphatic carbocycles. The van der Waals surface area contributed by atoms with Crippen molar-refractivity contribution in [3.8, 4) is 0 Å². The SMILES string of the molecule is CC(C)[C@H](NC(=O)c1ccc(F)cc1)C(=O)OCc1cc2ccccc2nc1Cl. The molecule has 1 aromatic heterocycles. The minimum absolute atomic E-state index is 0.0643. The number of amides is 1. The zero-order valence-corrected chi connectivity index (χ0v) is 16.7. The van der Waals surface area contributed by atoms with Crippen molar-refractivity contribution in [3.63, 3.8) is 0 Å². The number of nitrogens with one attached hydrogen (secondary N) is 1. The molecule has 0 bridgehead atoms. The Morgan fingerprint density at radius 3 is 2.52 bits per heavy atom. The molecule has 3 aromatic rings. The summed E-state index contributed by atoms with van der Waals surface area (Å²) in [5, 5.41) is 3.79. The fourth-order valence-corrected chi connectivity index (χ4v) is 3.00. The molecule has 1 heterocycles. The molecule has 0 radical (unpaired) electrons. The second kappa shape index (κ2) is 9.01. The van der Waals surface area contributed by atoms with Gasteiger partial charge in [0, 0.05) is 16.5 Å². The van der Waals surface area contributed by atoms with Crippen molar-refractivity contribution in [2.24, 2.45) is 5.92 Å². The molecule has 0 spiro atoms. The normalized spacial score (nSPS) is 12.0. The Balaban J connectivity index is 1.69. The van der Waals surface area contributed by atoms with Crippen molar-refractivity contribution in [3.05, 3.63) is 76.7 Å². The Bertz CT molecular complexity index is 1040. The fraction of sp³-hybridized carbons (Fsp3) is 0.227.